The topological polar surface area (TPSA) is 72.9 Å². The Balaban J connectivity index is 2.51. The maximum absolute atomic E-state index is 12.5. The second kappa shape index (κ2) is 8.79. The van der Waals surface area contributed by atoms with E-state index in [-0.39, 0.29) is 12.5 Å². The van der Waals surface area contributed by atoms with Crippen LogP contribution in [0.5, 0.6) is 0 Å². The van der Waals surface area contributed by atoms with Gasteiger partial charge < -0.3 is 20.2 Å². The first-order valence-electron chi connectivity index (χ1n) is 7.50. The number of carbonyl (C=O) groups is 2. The lowest BCUT2D eigenvalue weighted by Crippen LogP contribution is -2.50. The molecule has 1 aliphatic heterocycles. The van der Waals surface area contributed by atoms with Gasteiger partial charge in [0.2, 0.25) is 0 Å². The lowest BCUT2D eigenvalue weighted by atomic mass is 10.0. The van der Waals surface area contributed by atoms with Crippen LogP contribution in [0.2, 0.25) is 0 Å². The molecule has 6 heteroatoms. The van der Waals surface area contributed by atoms with Gasteiger partial charge in [0.25, 0.3) is 0 Å². The Morgan fingerprint density at radius 3 is 2.45 bits per heavy atom. The van der Waals surface area contributed by atoms with E-state index in [0.717, 1.165) is 38.9 Å². The minimum absolute atomic E-state index is 0.0316. The summed E-state index contributed by atoms with van der Waals surface area (Å²) >= 11 is 0. The minimum atomic E-state index is -0.811. The van der Waals surface area contributed by atoms with Crippen molar-refractivity contribution in [1.29, 1.82) is 0 Å². The fourth-order valence-electron chi connectivity index (χ4n) is 2.58. The van der Waals surface area contributed by atoms with Crippen LogP contribution in [0.4, 0.5) is 4.79 Å². The molecule has 1 heterocycles. The fraction of sp³-hybridized carbons (Fsp3) is 0.857. The summed E-state index contributed by atoms with van der Waals surface area (Å²) in [6, 6.07) is 0.342. The van der Waals surface area contributed by atoms with Crippen molar-refractivity contribution in [3.8, 4) is 0 Å². The molecular weight excluding hydrogens is 258 g/mol. The Kier molecular flexibility index (Phi) is 7.36. The number of carbonyl (C=O) groups excluding carboxylic acids is 1. The zero-order valence-electron chi connectivity index (χ0n) is 12.6. The third kappa shape index (κ3) is 5.36. The van der Waals surface area contributed by atoms with Crippen LogP contribution in [0.15, 0.2) is 0 Å². The third-order valence-corrected chi connectivity index (χ3v) is 3.67. The van der Waals surface area contributed by atoms with Crippen molar-refractivity contribution in [2.75, 3.05) is 33.2 Å². The number of nitrogens with one attached hydrogen (secondary N) is 1. The highest BCUT2D eigenvalue weighted by molar-refractivity contribution is 5.74. The van der Waals surface area contributed by atoms with Crippen molar-refractivity contribution in [3.05, 3.63) is 0 Å². The Morgan fingerprint density at radius 2 is 1.90 bits per heavy atom. The molecule has 0 radical (unpaired) electrons. The average Bonchev–Trinajstić information content (AvgIpc) is 2.44. The Labute approximate surface area is 121 Å². The molecule has 0 aromatic rings. The first-order chi connectivity index (χ1) is 9.56. The average molecular weight is 285 g/mol. The number of amides is 2. The molecule has 1 fully saturated rings. The van der Waals surface area contributed by atoms with Crippen molar-refractivity contribution < 1.29 is 14.7 Å². The zero-order valence-corrected chi connectivity index (χ0v) is 12.6. The van der Waals surface area contributed by atoms with Crippen LogP contribution in [-0.2, 0) is 4.79 Å². The smallest absolute Gasteiger partial charge is 0.319 e. The van der Waals surface area contributed by atoms with E-state index in [0.29, 0.717) is 19.0 Å². The van der Waals surface area contributed by atoms with E-state index in [2.05, 4.69) is 12.2 Å². The summed E-state index contributed by atoms with van der Waals surface area (Å²) in [5.41, 5.74) is 0. The highest BCUT2D eigenvalue weighted by Gasteiger charge is 2.26. The summed E-state index contributed by atoms with van der Waals surface area (Å²) in [5.74, 6) is -0.811. The number of aliphatic carboxylic acids is 1. The molecule has 0 saturated carbocycles. The van der Waals surface area contributed by atoms with Gasteiger partial charge in [-0.1, -0.05) is 6.92 Å². The van der Waals surface area contributed by atoms with E-state index >= 15 is 0 Å². The summed E-state index contributed by atoms with van der Waals surface area (Å²) in [7, 11) is 1.76. The minimum Gasteiger partial charge on any atom is -0.481 e. The van der Waals surface area contributed by atoms with Gasteiger partial charge in [-0.05, 0) is 38.8 Å². The van der Waals surface area contributed by atoms with Crippen LogP contribution < -0.4 is 5.32 Å². The summed E-state index contributed by atoms with van der Waals surface area (Å²) in [5, 5.41) is 12.0. The first kappa shape index (κ1) is 16.8. The molecule has 2 N–H and O–H groups in total. The molecule has 2 amide bonds. The molecule has 6 nitrogen and oxygen atoms in total. The molecule has 0 bridgehead atoms. The normalized spacial score (nSPS) is 15.9. The SMILES string of the molecule is CCCN(C(=O)N(C)CCCC(=O)O)C1CCNCC1. The van der Waals surface area contributed by atoms with E-state index in [1.807, 2.05) is 4.90 Å². The van der Waals surface area contributed by atoms with Crippen LogP contribution in [0.1, 0.15) is 39.0 Å². The van der Waals surface area contributed by atoms with E-state index in [9.17, 15) is 9.59 Å². The monoisotopic (exact) mass is 285 g/mol. The lowest BCUT2D eigenvalue weighted by Gasteiger charge is -2.37. The molecule has 1 rings (SSSR count). The molecule has 0 atom stereocenters. The number of hydrogen-bond acceptors (Lipinski definition) is 3. The molecule has 0 unspecified atom stereocenters. The van der Waals surface area contributed by atoms with Gasteiger partial charge in [0, 0.05) is 32.6 Å². The third-order valence-electron chi connectivity index (χ3n) is 3.67. The zero-order chi connectivity index (χ0) is 15.0. The second-order valence-corrected chi connectivity index (χ2v) is 5.38. The van der Waals surface area contributed by atoms with E-state index in [1.54, 1.807) is 11.9 Å². The van der Waals surface area contributed by atoms with E-state index in [1.165, 1.54) is 0 Å². The van der Waals surface area contributed by atoms with Crippen LogP contribution in [-0.4, -0.2) is 66.2 Å². The number of hydrogen-bond donors (Lipinski definition) is 2. The Bertz CT molecular complexity index is 317. The molecular formula is C14H27N3O3. The molecule has 20 heavy (non-hydrogen) atoms. The van der Waals surface area contributed by atoms with Crippen molar-refractivity contribution in [2.24, 2.45) is 0 Å². The van der Waals surface area contributed by atoms with E-state index in [4.69, 9.17) is 5.11 Å². The number of nitrogens with zero attached hydrogens (tertiary/aromatic N) is 2. The van der Waals surface area contributed by atoms with Crippen LogP contribution in [0, 0.1) is 0 Å². The largest absolute Gasteiger partial charge is 0.481 e. The molecule has 1 aliphatic rings. The number of urea groups is 1. The summed E-state index contributed by atoms with van der Waals surface area (Å²) in [4.78, 5) is 26.6. The lowest BCUT2D eigenvalue weighted by molar-refractivity contribution is -0.137. The number of carboxylic acid groups (broad SMARTS) is 1. The van der Waals surface area contributed by atoms with Crippen molar-refractivity contribution in [2.45, 2.75) is 45.1 Å². The van der Waals surface area contributed by atoms with Gasteiger partial charge in [0.1, 0.15) is 0 Å². The van der Waals surface area contributed by atoms with Gasteiger partial charge in [-0.25, -0.2) is 4.79 Å². The predicted molar refractivity (Wildman–Crippen MR) is 77.8 cm³/mol. The highest BCUT2D eigenvalue weighted by atomic mass is 16.4. The maximum Gasteiger partial charge on any atom is 0.319 e. The number of piperidine rings is 1. The molecule has 0 aliphatic carbocycles. The van der Waals surface area contributed by atoms with Gasteiger partial charge in [-0.2, -0.15) is 0 Å². The fourth-order valence-corrected chi connectivity index (χ4v) is 2.58. The molecule has 1 saturated heterocycles. The van der Waals surface area contributed by atoms with Crippen molar-refractivity contribution in [1.82, 2.24) is 15.1 Å². The van der Waals surface area contributed by atoms with Crippen LogP contribution in [0.25, 0.3) is 0 Å². The van der Waals surface area contributed by atoms with Gasteiger partial charge in [-0.15, -0.1) is 0 Å². The van der Waals surface area contributed by atoms with Crippen LogP contribution >= 0.6 is 0 Å². The molecule has 0 aromatic heterocycles. The highest BCUT2D eigenvalue weighted by Crippen LogP contribution is 2.14. The van der Waals surface area contributed by atoms with Gasteiger partial charge >= 0.3 is 12.0 Å². The Hall–Kier alpha value is -1.30. The van der Waals surface area contributed by atoms with Gasteiger partial charge in [0.05, 0.1) is 0 Å². The van der Waals surface area contributed by atoms with Crippen LogP contribution in [0.3, 0.4) is 0 Å². The first-order valence-corrected chi connectivity index (χ1v) is 7.50. The molecule has 0 spiro atoms. The second-order valence-electron chi connectivity index (χ2n) is 5.38. The Morgan fingerprint density at radius 1 is 1.25 bits per heavy atom. The summed E-state index contributed by atoms with van der Waals surface area (Å²) in [6.07, 6.45) is 3.55. The summed E-state index contributed by atoms with van der Waals surface area (Å²) in [6.45, 7) is 5.26. The number of carboxylic acids is 1. The van der Waals surface area contributed by atoms with Gasteiger partial charge in [-0.3, -0.25) is 4.79 Å². The predicted octanol–water partition coefficient (Wildman–Crippen LogP) is 1.37. The summed E-state index contributed by atoms with van der Waals surface area (Å²) < 4.78 is 0. The number of rotatable bonds is 7. The van der Waals surface area contributed by atoms with Crippen molar-refractivity contribution >= 4 is 12.0 Å². The maximum atomic E-state index is 12.5. The van der Waals surface area contributed by atoms with E-state index < -0.39 is 5.97 Å². The van der Waals surface area contributed by atoms with Gasteiger partial charge in [0.15, 0.2) is 0 Å². The molecule has 116 valence electrons. The standard InChI is InChI=1S/C14H27N3O3/c1-3-10-17(12-6-8-15-9-7-12)14(20)16(2)11-4-5-13(18)19/h12,15H,3-11H2,1-2H3,(H,18,19). The quantitative estimate of drug-likeness (QED) is 0.741. The molecule has 0 aromatic carbocycles. The van der Waals surface area contributed by atoms with Crippen molar-refractivity contribution in [3.63, 3.8) is 0 Å².